The number of aryl methyl sites for hydroxylation is 1. The molecular formula is C28H28Cl2F3N3O4S. The van der Waals surface area contributed by atoms with Crippen molar-refractivity contribution in [3.63, 3.8) is 0 Å². The van der Waals surface area contributed by atoms with E-state index in [1.807, 2.05) is 0 Å². The van der Waals surface area contributed by atoms with Crippen LogP contribution in [0.4, 0.5) is 18.9 Å². The van der Waals surface area contributed by atoms with Gasteiger partial charge in [-0.15, -0.1) is 0 Å². The number of benzene rings is 3. The Morgan fingerprint density at radius 1 is 1.00 bits per heavy atom. The lowest BCUT2D eigenvalue weighted by Crippen LogP contribution is -2.51. The van der Waals surface area contributed by atoms with Crippen molar-refractivity contribution in [2.24, 2.45) is 0 Å². The number of hydrogen-bond acceptors (Lipinski definition) is 4. The Bertz CT molecular complexity index is 1520. The number of amides is 2. The monoisotopic (exact) mass is 629 g/mol. The molecular weight excluding hydrogens is 602 g/mol. The molecule has 0 aliphatic carbocycles. The van der Waals surface area contributed by atoms with Gasteiger partial charge in [0.15, 0.2) is 0 Å². The van der Waals surface area contributed by atoms with Gasteiger partial charge in [0.25, 0.3) is 10.0 Å². The molecule has 0 saturated carbocycles. The van der Waals surface area contributed by atoms with Gasteiger partial charge in [-0.1, -0.05) is 60.0 Å². The minimum Gasteiger partial charge on any atom is -0.357 e. The van der Waals surface area contributed by atoms with Crippen molar-refractivity contribution in [1.82, 2.24) is 10.2 Å². The predicted octanol–water partition coefficient (Wildman–Crippen LogP) is 6.07. The van der Waals surface area contributed by atoms with Gasteiger partial charge in [-0.2, -0.15) is 13.2 Å². The molecule has 0 radical (unpaired) electrons. The molecule has 0 aliphatic rings. The summed E-state index contributed by atoms with van der Waals surface area (Å²) in [4.78, 5) is 27.6. The number of carbonyl (C=O) groups is 2. The minimum absolute atomic E-state index is 0.158. The van der Waals surface area contributed by atoms with Crippen molar-refractivity contribution in [3.05, 3.63) is 93.5 Å². The van der Waals surface area contributed by atoms with Crippen LogP contribution in [0.25, 0.3) is 0 Å². The molecule has 0 spiro atoms. The van der Waals surface area contributed by atoms with E-state index in [1.54, 1.807) is 26.0 Å². The topological polar surface area (TPSA) is 86.8 Å². The number of sulfonamides is 1. The van der Waals surface area contributed by atoms with Crippen LogP contribution in [0, 0.1) is 6.92 Å². The summed E-state index contributed by atoms with van der Waals surface area (Å²) in [6.45, 7) is 2.32. The third kappa shape index (κ3) is 7.72. The average molecular weight is 631 g/mol. The molecule has 0 aliphatic heterocycles. The van der Waals surface area contributed by atoms with E-state index in [2.05, 4.69) is 5.32 Å². The maximum absolute atomic E-state index is 13.9. The first kappa shape index (κ1) is 32.2. The van der Waals surface area contributed by atoms with Crippen molar-refractivity contribution in [1.29, 1.82) is 0 Å². The summed E-state index contributed by atoms with van der Waals surface area (Å²) in [6, 6.07) is 12.9. The Labute approximate surface area is 246 Å². The van der Waals surface area contributed by atoms with Crippen molar-refractivity contribution in [2.75, 3.05) is 17.9 Å². The highest BCUT2D eigenvalue weighted by Crippen LogP contribution is 2.33. The zero-order valence-electron chi connectivity index (χ0n) is 22.4. The van der Waals surface area contributed by atoms with E-state index in [0.717, 1.165) is 22.6 Å². The first-order valence-electron chi connectivity index (χ1n) is 12.4. The van der Waals surface area contributed by atoms with Gasteiger partial charge in [0.2, 0.25) is 11.8 Å². The van der Waals surface area contributed by atoms with Crippen LogP contribution in [-0.2, 0) is 32.3 Å². The van der Waals surface area contributed by atoms with Gasteiger partial charge >= 0.3 is 6.18 Å². The molecule has 0 saturated heterocycles. The van der Waals surface area contributed by atoms with Crippen molar-refractivity contribution >= 4 is 50.7 Å². The maximum atomic E-state index is 13.9. The number of hydrogen-bond donors (Lipinski definition) is 1. The lowest BCUT2D eigenvalue weighted by atomic mass is 10.1. The summed E-state index contributed by atoms with van der Waals surface area (Å²) in [7, 11) is -3.14. The Balaban J connectivity index is 2.14. The summed E-state index contributed by atoms with van der Waals surface area (Å²) in [5, 5.41) is 3.04. The normalized spacial score (nSPS) is 12.5. The molecule has 0 aromatic heterocycles. The highest BCUT2D eigenvalue weighted by Gasteiger charge is 2.36. The molecule has 13 heteroatoms. The van der Waals surface area contributed by atoms with Crippen molar-refractivity contribution in [2.45, 2.75) is 43.9 Å². The van der Waals surface area contributed by atoms with E-state index < -0.39 is 46.2 Å². The maximum Gasteiger partial charge on any atom is 0.416 e. The number of likely N-dealkylation sites (N-methyl/N-ethyl adjacent to an activating group) is 1. The third-order valence-electron chi connectivity index (χ3n) is 6.34. The fraction of sp³-hybridized carbons (Fsp3) is 0.286. The van der Waals surface area contributed by atoms with E-state index in [0.29, 0.717) is 21.0 Å². The van der Waals surface area contributed by atoms with Crippen LogP contribution < -0.4 is 9.62 Å². The van der Waals surface area contributed by atoms with E-state index in [-0.39, 0.29) is 28.6 Å². The van der Waals surface area contributed by atoms with Gasteiger partial charge in [0.05, 0.1) is 16.1 Å². The largest absolute Gasteiger partial charge is 0.416 e. The molecule has 220 valence electrons. The van der Waals surface area contributed by atoms with Gasteiger partial charge in [0, 0.05) is 23.6 Å². The molecule has 3 aromatic rings. The van der Waals surface area contributed by atoms with Crippen LogP contribution in [0.15, 0.2) is 71.6 Å². The Kier molecular flexibility index (Phi) is 10.3. The molecule has 7 nitrogen and oxygen atoms in total. The standard InChI is InChI=1S/C28H28Cl2F3N3O4S/c1-4-25(27(38)34-3)35(16-19-10-11-21(29)15-24(19)30)26(37)17-36(22-7-5-6-20(14-22)28(31,32)33)41(39,40)23-12-8-18(2)9-13-23/h5-15,25H,4,16-17H2,1-3H3,(H,34,38). The minimum atomic E-state index is -4.76. The van der Waals surface area contributed by atoms with Gasteiger partial charge in [0.1, 0.15) is 12.6 Å². The fourth-order valence-corrected chi connectivity index (χ4v) is 6.00. The summed E-state index contributed by atoms with van der Waals surface area (Å²) >= 11 is 12.3. The highest BCUT2D eigenvalue weighted by atomic mass is 35.5. The second-order valence-electron chi connectivity index (χ2n) is 9.17. The molecule has 1 atom stereocenters. The SMILES string of the molecule is CCC(C(=O)NC)N(Cc1ccc(Cl)cc1Cl)C(=O)CN(c1cccc(C(F)(F)F)c1)S(=O)(=O)c1ccc(C)cc1. The molecule has 0 heterocycles. The number of halogens is 5. The summed E-state index contributed by atoms with van der Waals surface area (Å²) in [6.07, 6.45) is -4.60. The van der Waals surface area contributed by atoms with Crippen molar-refractivity contribution in [3.8, 4) is 0 Å². The quantitative estimate of drug-likeness (QED) is 0.295. The number of rotatable bonds is 10. The van der Waals surface area contributed by atoms with E-state index in [9.17, 15) is 31.2 Å². The lowest BCUT2D eigenvalue weighted by Gasteiger charge is -2.33. The molecule has 2 amide bonds. The zero-order chi connectivity index (χ0) is 30.5. The zero-order valence-corrected chi connectivity index (χ0v) is 24.7. The van der Waals surface area contributed by atoms with Gasteiger partial charge in [-0.25, -0.2) is 8.42 Å². The molecule has 0 bridgehead atoms. The lowest BCUT2D eigenvalue weighted by molar-refractivity contribution is -0.140. The molecule has 41 heavy (non-hydrogen) atoms. The van der Waals surface area contributed by atoms with Crippen molar-refractivity contribution < 1.29 is 31.2 Å². The Hall–Kier alpha value is -3.28. The molecule has 3 rings (SSSR count). The molecule has 3 aromatic carbocycles. The predicted molar refractivity (Wildman–Crippen MR) is 152 cm³/mol. The summed E-state index contributed by atoms with van der Waals surface area (Å²) < 4.78 is 68.9. The third-order valence-corrected chi connectivity index (χ3v) is 8.71. The fourth-order valence-electron chi connectivity index (χ4n) is 4.12. The van der Waals surface area contributed by atoms with Gasteiger partial charge < -0.3 is 10.2 Å². The van der Waals surface area contributed by atoms with Gasteiger partial charge in [-0.05, 0) is 61.4 Å². The Morgan fingerprint density at radius 2 is 1.66 bits per heavy atom. The number of nitrogens with one attached hydrogen (secondary N) is 1. The van der Waals surface area contributed by atoms with E-state index in [4.69, 9.17) is 23.2 Å². The molecule has 1 N–H and O–H groups in total. The van der Waals surface area contributed by atoms with Crippen LogP contribution in [0.3, 0.4) is 0 Å². The molecule has 0 fully saturated rings. The Morgan fingerprint density at radius 3 is 2.22 bits per heavy atom. The number of alkyl halides is 3. The van der Waals surface area contributed by atoms with E-state index >= 15 is 0 Å². The summed E-state index contributed by atoms with van der Waals surface area (Å²) in [5.41, 5.74) is -0.272. The first-order valence-corrected chi connectivity index (χ1v) is 14.6. The number of nitrogens with zero attached hydrogens (tertiary/aromatic N) is 2. The first-order chi connectivity index (χ1) is 19.2. The second-order valence-corrected chi connectivity index (χ2v) is 11.9. The number of carbonyl (C=O) groups excluding carboxylic acids is 2. The average Bonchev–Trinajstić information content (AvgIpc) is 2.92. The molecule has 1 unspecified atom stereocenters. The van der Waals surface area contributed by atoms with Crippen LogP contribution in [-0.4, -0.2) is 44.8 Å². The van der Waals surface area contributed by atoms with Gasteiger partial charge in [-0.3, -0.25) is 13.9 Å². The smallest absolute Gasteiger partial charge is 0.357 e. The van der Waals surface area contributed by atoms with Crippen LogP contribution in [0.2, 0.25) is 10.0 Å². The van der Waals surface area contributed by atoms with Crippen LogP contribution >= 0.6 is 23.2 Å². The van der Waals surface area contributed by atoms with E-state index in [1.165, 1.54) is 43.4 Å². The highest BCUT2D eigenvalue weighted by molar-refractivity contribution is 7.92. The summed E-state index contributed by atoms with van der Waals surface area (Å²) in [5.74, 6) is -1.35. The van der Waals surface area contributed by atoms with Crippen LogP contribution in [0.5, 0.6) is 0 Å². The number of anilines is 1. The van der Waals surface area contributed by atoms with Crippen LogP contribution in [0.1, 0.15) is 30.0 Å². The second kappa shape index (κ2) is 13.1.